The van der Waals surface area contributed by atoms with Gasteiger partial charge in [-0.3, -0.25) is 4.79 Å². The maximum Gasteiger partial charge on any atom is 0.354 e. The van der Waals surface area contributed by atoms with Crippen molar-refractivity contribution in [2.75, 3.05) is 19.6 Å². The Balaban J connectivity index is 1.85. The molecule has 2 heterocycles. The molecule has 150 valence electrons. The van der Waals surface area contributed by atoms with E-state index in [-0.39, 0.29) is 11.5 Å². The second kappa shape index (κ2) is 7.74. The van der Waals surface area contributed by atoms with Crippen LogP contribution in [0.15, 0.2) is 36.5 Å². The van der Waals surface area contributed by atoms with Crippen molar-refractivity contribution in [1.82, 2.24) is 8.87 Å². The second-order valence-corrected chi connectivity index (χ2v) is 8.20. The number of nitrogens with zero attached hydrogens (tertiary/aromatic N) is 2. The summed E-state index contributed by atoms with van der Waals surface area (Å²) >= 11 is 0. The van der Waals surface area contributed by atoms with Gasteiger partial charge in [-0.2, -0.15) is 8.42 Å². The lowest BCUT2D eigenvalue weighted by atomic mass is 9.96. The van der Waals surface area contributed by atoms with Crippen molar-refractivity contribution < 1.29 is 23.1 Å². The topological polar surface area (TPSA) is 149 Å². The fourth-order valence-corrected chi connectivity index (χ4v) is 4.08. The Bertz CT molecular complexity index is 989. The molecule has 1 aromatic carbocycles. The Morgan fingerprint density at radius 2 is 1.71 bits per heavy atom. The van der Waals surface area contributed by atoms with E-state index in [0.717, 1.165) is 19.0 Å². The van der Waals surface area contributed by atoms with Gasteiger partial charge in [-0.05, 0) is 49.1 Å². The Hall–Kier alpha value is -2.69. The second-order valence-electron chi connectivity index (χ2n) is 6.77. The molecular formula is C18H22N4O5S. The van der Waals surface area contributed by atoms with E-state index in [0.29, 0.717) is 40.7 Å². The highest BCUT2D eigenvalue weighted by atomic mass is 32.2. The van der Waals surface area contributed by atoms with E-state index < -0.39 is 21.9 Å². The summed E-state index contributed by atoms with van der Waals surface area (Å²) < 4.78 is 23.7. The number of piperidine rings is 1. The van der Waals surface area contributed by atoms with E-state index in [9.17, 15) is 23.1 Å². The fraction of sp³-hybridized carbons (Fsp3) is 0.333. The third-order valence-electron chi connectivity index (χ3n) is 5.01. The quantitative estimate of drug-likeness (QED) is 0.666. The minimum atomic E-state index is -4.24. The number of rotatable bonds is 5. The third-order valence-corrected chi connectivity index (χ3v) is 5.86. The van der Waals surface area contributed by atoms with Gasteiger partial charge in [-0.25, -0.2) is 13.9 Å². The summed E-state index contributed by atoms with van der Waals surface area (Å²) in [7, 11) is -4.24. The van der Waals surface area contributed by atoms with Crippen molar-refractivity contribution in [3.05, 3.63) is 47.8 Å². The number of aromatic nitrogens is 1. The van der Waals surface area contributed by atoms with Crippen LogP contribution in [0.5, 0.6) is 0 Å². The van der Waals surface area contributed by atoms with Gasteiger partial charge in [0, 0.05) is 30.4 Å². The molecule has 1 aliphatic rings. The summed E-state index contributed by atoms with van der Waals surface area (Å²) in [5.41, 5.74) is 6.38. The summed E-state index contributed by atoms with van der Waals surface area (Å²) in [6.07, 6.45) is 2.85. The molecule has 10 heteroatoms. The summed E-state index contributed by atoms with van der Waals surface area (Å²) in [5, 5.41) is 14.5. The summed E-state index contributed by atoms with van der Waals surface area (Å²) in [6.45, 7) is 1.94. The van der Waals surface area contributed by atoms with Crippen LogP contribution in [0, 0.1) is 5.92 Å². The maximum atomic E-state index is 12.7. The highest BCUT2D eigenvalue weighted by Gasteiger charge is 2.25. The molecule has 0 bridgehead atoms. The first-order valence-corrected chi connectivity index (χ1v) is 10.3. The SMILES string of the molecule is NCC1CCN(C(=O)c2ccc(-c3ccn(S(N)(=O)=O)c3C(=O)O)cc2)CC1. The number of carboxylic acid groups (broad SMARTS) is 1. The van der Waals surface area contributed by atoms with Crippen LogP contribution in [0.2, 0.25) is 0 Å². The average Bonchev–Trinajstić information content (AvgIpc) is 3.14. The smallest absolute Gasteiger partial charge is 0.354 e. The molecule has 0 aliphatic carbocycles. The summed E-state index contributed by atoms with van der Waals surface area (Å²) in [5.74, 6) is -1.07. The van der Waals surface area contributed by atoms with Crippen molar-refractivity contribution in [2.24, 2.45) is 16.8 Å². The van der Waals surface area contributed by atoms with Gasteiger partial charge in [0.1, 0.15) is 0 Å². The minimum absolute atomic E-state index is 0.0948. The van der Waals surface area contributed by atoms with Crippen molar-refractivity contribution in [1.29, 1.82) is 0 Å². The Morgan fingerprint density at radius 3 is 2.21 bits per heavy atom. The van der Waals surface area contributed by atoms with Crippen molar-refractivity contribution in [2.45, 2.75) is 12.8 Å². The number of nitrogens with two attached hydrogens (primary N) is 2. The summed E-state index contributed by atoms with van der Waals surface area (Å²) in [6, 6.07) is 7.76. The van der Waals surface area contributed by atoms with E-state index >= 15 is 0 Å². The van der Waals surface area contributed by atoms with Gasteiger partial charge in [0.2, 0.25) is 0 Å². The zero-order valence-electron chi connectivity index (χ0n) is 15.1. The van der Waals surface area contributed by atoms with E-state index in [1.807, 2.05) is 0 Å². The Morgan fingerprint density at radius 1 is 1.11 bits per heavy atom. The molecule has 1 aromatic heterocycles. The van der Waals surface area contributed by atoms with Crippen LogP contribution >= 0.6 is 0 Å². The van der Waals surface area contributed by atoms with Gasteiger partial charge in [0.25, 0.3) is 5.91 Å². The van der Waals surface area contributed by atoms with Crippen LogP contribution in [-0.2, 0) is 10.2 Å². The molecule has 0 unspecified atom stereocenters. The molecule has 28 heavy (non-hydrogen) atoms. The molecule has 5 N–H and O–H groups in total. The fourth-order valence-electron chi connectivity index (χ4n) is 3.42. The van der Waals surface area contributed by atoms with Crippen LogP contribution in [-0.4, -0.2) is 53.9 Å². The molecule has 1 amide bonds. The molecule has 0 saturated carbocycles. The summed E-state index contributed by atoms with van der Waals surface area (Å²) in [4.78, 5) is 26.0. The first kappa shape index (κ1) is 20.1. The highest BCUT2D eigenvalue weighted by Crippen LogP contribution is 2.27. The lowest BCUT2D eigenvalue weighted by molar-refractivity contribution is 0.0682. The number of carbonyl (C=O) groups excluding carboxylic acids is 1. The number of amides is 1. The van der Waals surface area contributed by atoms with Crippen LogP contribution in [0.1, 0.15) is 33.7 Å². The Kier molecular flexibility index (Phi) is 5.54. The van der Waals surface area contributed by atoms with Gasteiger partial charge in [0.05, 0.1) is 0 Å². The number of carboxylic acids is 1. The van der Waals surface area contributed by atoms with Gasteiger partial charge in [0.15, 0.2) is 5.69 Å². The lowest BCUT2D eigenvalue weighted by Gasteiger charge is -2.31. The standard InChI is InChI=1S/C18H22N4O5S/c19-11-12-5-8-21(9-6-12)17(23)14-3-1-13(2-4-14)15-7-10-22(28(20,26)27)16(15)18(24)25/h1-4,7,10,12H,5-6,8-9,11,19H2,(H,24,25)(H2,20,26,27). The monoisotopic (exact) mass is 406 g/mol. The molecule has 9 nitrogen and oxygen atoms in total. The number of benzene rings is 1. The zero-order valence-corrected chi connectivity index (χ0v) is 15.9. The first-order chi connectivity index (χ1) is 13.2. The molecule has 0 atom stereocenters. The number of hydrogen-bond donors (Lipinski definition) is 3. The normalized spacial score (nSPS) is 15.6. The predicted octanol–water partition coefficient (Wildman–Crippen LogP) is 0.716. The predicted molar refractivity (Wildman–Crippen MR) is 103 cm³/mol. The van der Waals surface area contributed by atoms with Crippen LogP contribution in [0.25, 0.3) is 11.1 Å². The first-order valence-electron chi connectivity index (χ1n) is 8.80. The van der Waals surface area contributed by atoms with Crippen molar-refractivity contribution in [3.63, 3.8) is 0 Å². The van der Waals surface area contributed by atoms with Crippen molar-refractivity contribution >= 4 is 22.1 Å². The van der Waals surface area contributed by atoms with E-state index in [1.165, 1.54) is 6.07 Å². The molecule has 0 spiro atoms. The minimum Gasteiger partial charge on any atom is -0.477 e. The maximum absolute atomic E-state index is 12.7. The lowest BCUT2D eigenvalue weighted by Crippen LogP contribution is -2.40. The van der Waals surface area contributed by atoms with Gasteiger partial charge in [-0.15, -0.1) is 0 Å². The highest BCUT2D eigenvalue weighted by molar-refractivity contribution is 7.87. The molecule has 2 aromatic rings. The number of hydrogen-bond acceptors (Lipinski definition) is 5. The van der Waals surface area contributed by atoms with E-state index in [4.69, 9.17) is 10.9 Å². The van der Waals surface area contributed by atoms with Crippen LogP contribution in [0.3, 0.4) is 0 Å². The number of likely N-dealkylation sites (tertiary alicyclic amines) is 1. The van der Waals surface area contributed by atoms with Gasteiger partial charge < -0.3 is 15.7 Å². The van der Waals surface area contributed by atoms with E-state index in [1.54, 1.807) is 29.2 Å². The van der Waals surface area contributed by atoms with Crippen LogP contribution in [0.4, 0.5) is 0 Å². The van der Waals surface area contributed by atoms with Crippen LogP contribution < -0.4 is 10.9 Å². The zero-order chi connectivity index (χ0) is 20.5. The Labute approximate surface area is 162 Å². The van der Waals surface area contributed by atoms with Crippen molar-refractivity contribution in [3.8, 4) is 11.1 Å². The van der Waals surface area contributed by atoms with Gasteiger partial charge >= 0.3 is 16.2 Å². The molecule has 1 fully saturated rings. The third kappa shape index (κ3) is 3.93. The largest absolute Gasteiger partial charge is 0.477 e. The van der Waals surface area contributed by atoms with Gasteiger partial charge in [-0.1, -0.05) is 12.1 Å². The molecular weight excluding hydrogens is 384 g/mol. The molecule has 1 saturated heterocycles. The van der Waals surface area contributed by atoms with E-state index in [2.05, 4.69) is 0 Å². The molecule has 0 radical (unpaired) electrons. The number of carbonyl (C=O) groups is 2. The molecule has 1 aliphatic heterocycles. The average molecular weight is 406 g/mol. The number of aromatic carboxylic acids is 1. The molecule has 3 rings (SSSR count).